The van der Waals surface area contributed by atoms with Crippen LogP contribution in [0.2, 0.25) is 0 Å². The molecule has 1 N–H and O–H groups in total. The number of amides is 1. The van der Waals surface area contributed by atoms with E-state index in [1.165, 1.54) is 12.1 Å². The van der Waals surface area contributed by atoms with Crippen LogP contribution in [0.5, 0.6) is 0 Å². The molecule has 1 fully saturated rings. The van der Waals surface area contributed by atoms with Gasteiger partial charge < -0.3 is 9.80 Å². The summed E-state index contributed by atoms with van der Waals surface area (Å²) in [4.78, 5) is 16.4. The predicted molar refractivity (Wildman–Crippen MR) is 81.2 cm³/mol. The van der Waals surface area contributed by atoms with Crippen molar-refractivity contribution in [2.45, 2.75) is 26.1 Å². The summed E-state index contributed by atoms with van der Waals surface area (Å²) >= 11 is 0. The van der Waals surface area contributed by atoms with Gasteiger partial charge in [0.2, 0.25) is 5.91 Å². The molecule has 116 valence electrons. The van der Waals surface area contributed by atoms with Crippen molar-refractivity contribution in [3.63, 3.8) is 0 Å². The minimum Gasteiger partial charge on any atom is -0.320 e. The topological polar surface area (TPSA) is 35.6 Å². The molecule has 0 radical (unpaired) electrons. The standard InChI is InChI=1S/C16H24FN3O/c1-11(2)14-16(21)20(9-8-19(3)4)15(18-14)12-6-5-7-13(17)10-12/h5-7,10-11,14-15,18H,8-9H2,1-4H3. The maximum atomic E-state index is 13.5. The summed E-state index contributed by atoms with van der Waals surface area (Å²) in [6.45, 7) is 5.45. The number of halogens is 1. The monoisotopic (exact) mass is 293 g/mol. The molecule has 1 saturated heterocycles. The summed E-state index contributed by atoms with van der Waals surface area (Å²) in [5.41, 5.74) is 0.797. The van der Waals surface area contributed by atoms with Gasteiger partial charge in [0, 0.05) is 13.1 Å². The van der Waals surface area contributed by atoms with Gasteiger partial charge in [-0.05, 0) is 37.7 Å². The lowest BCUT2D eigenvalue weighted by molar-refractivity contribution is -0.131. The summed E-state index contributed by atoms with van der Waals surface area (Å²) in [7, 11) is 3.95. The third-order valence-electron chi connectivity index (χ3n) is 3.82. The number of carbonyl (C=O) groups is 1. The van der Waals surface area contributed by atoms with Crippen LogP contribution in [0.4, 0.5) is 4.39 Å². The molecule has 1 heterocycles. The lowest BCUT2D eigenvalue weighted by Gasteiger charge is -2.26. The second-order valence-corrected chi connectivity index (χ2v) is 6.18. The lowest BCUT2D eigenvalue weighted by atomic mass is 10.1. The molecule has 1 amide bonds. The van der Waals surface area contributed by atoms with Crippen molar-refractivity contribution in [3.05, 3.63) is 35.6 Å². The number of hydrogen-bond acceptors (Lipinski definition) is 3. The van der Waals surface area contributed by atoms with Crippen LogP contribution in [0.15, 0.2) is 24.3 Å². The van der Waals surface area contributed by atoms with Gasteiger partial charge in [-0.1, -0.05) is 26.0 Å². The van der Waals surface area contributed by atoms with Crippen LogP contribution >= 0.6 is 0 Å². The summed E-state index contributed by atoms with van der Waals surface area (Å²) in [5.74, 6) is 0.0290. The molecule has 5 heteroatoms. The van der Waals surface area contributed by atoms with Crippen molar-refractivity contribution >= 4 is 5.91 Å². The van der Waals surface area contributed by atoms with E-state index in [0.29, 0.717) is 6.54 Å². The number of nitrogens with one attached hydrogen (secondary N) is 1. The fraction of sp³-hybridized carbons (Fsp3) is 0.562. The first-order valence-corrected chi connectivity index (χ1v) is 7.37. The van der Waals surface area contributed by atoms with Gasteiger partial charge in [0.05, 0.1) is 6.04 Å². The van der Waals surface area contributed by atoms with E-state index in [4.69, 9.17) is 0 Å². The van der Waals surface area contributed by atoms with Crippen molar-refractivity contribution < 1.29 is 9.18 Å². The molecule has 0 aliphatic carbocycles. The summed E-state index contributed by atoms with van der Waals surface area (Å²) in [6.07, 6.45) is -0.249. The van der Waals surface area contributed by atoms with Crippen molar-refractivity contribution in [2.24, 2.45) is 5.92 Å². The highest BCUT2D eigenvalue weighted by molar-refractivity contribution is 5.84. The van der Waals surface area contributed by atoms with Crippen LogP contribution in [-0.4, -0.2) is 48.9 Å². The van der Waals surface area contributed by atoms with Gasteiger partial charge in [-0.2, -0.15) is 0 Å². The Morgan fingerprint density at radius 3 is 2.67 bits per heavy atom. The minimum atomic E-state index is -0.276. The van der Waals surface area contributed by atoms with Crippen LogP contribution in [0.3, 0.4) is 0 Å². The molecule has 0 saturated carbocycles. The second kappa shape index (κ2) is 6.54. The molecule has 0 bridgehead atoms. The Kier molecular flexibility index (Phi) is 4.96. The van der Waals surface area contributed by atoms with Gasteiger partial charge in [-0.15, -0.1) is 0 Å². The number of likely N-dealkylation sites (N-methyl/N-ethyl adjacent to an activating group) is 1. The van der Waals surface area contributed by atoms with E-state index in [-0.39, 0.29) is 29.8 Å². The number of carbonyl (C=O) groups excluding carboxylic acids is 1. The van der Waals surface area contributed by atoms with E-state index < -0.39 is 0 Å². The largest absolute Gasteiger partial charge is 0.320 e. The Morgan fingerprint density at radius 1 is 1.38 bits per heavy atom. The first-order valence-electron chi connectivity index (χ1n) is 7.37. The van der Waals surface area contributed by atoms with Crippen LogP contribution < -0.4 is 5.32 Å². The van der Waals surface area contributed by atoms with Crippen molar-refractivity contribution in [1.29, 1.82) is 0 Å². The van der Waals surface area contributed by atoms with Gasteiger partial charge in [0.25, 0.3) is 0 Å². The first-order chi connectivity index (χ1) is 9.90. The van der Waals surface area contributed by atoms with Crippen molar-refractivity contribution in [2.75, 3.05) is 27.2 Å². The third kappa shape index (κ3) is 3.60. The maximum Gasteiger partial charge on any atom is 0.241 e. The number of nitrogens with zero attached hydrogens (tertiary/aromatic N) is 2. The van der Waals surface area contributed by atoms with Gasteiger partial charge >= 0.3 is 0 Å². The second-order valence-electron chi connectivity index (χ2n) is 6.18. The fourth-order valence-corrected chi connectivity index (χ4v) is 2.61. The van der Waals surface area contributed by atoms with Crippen LogP contribution in [-0.2, 0) is 4.79 Å². The highest BCUT2D eigenvalue weighted by atomic mass is 19.1. The number of rotatable bonds is 5. The number of benzene rings is 1. The minimum absolute atomic E-state index is 0.0983. The predicted octanol–water partition coefficient (Wildman–Crippen LogP) is 1.84. The van der Waals surface area contributed by atoms with E-state index >= 15 is 0 Å². The molecule has 1 aromatic carbocycles. The number of hydrogen-bond donors (Lipinski definition) is 1. The summed E-state index contributed by atoms with van der Waals surface area (Å²) in [5, 5.41) is 3.35. The van der Waals surface area contributed by atoms with Gasteiger partial charge in [0.1, 0.15) is 12.0 Å². The van der Waals surface area contributed by atoms with Crippen LogP contribution in [0.25, 0.3) is 0 Å². The first kappa shape index (κ1) is 15.9. The van der Waals surface area contributed by atoms with Gasteiger partial charge in [-0.25, -0.2) is 4.39 Å². The van der Waals surface area contributed by atoms with Gasteiger partial charge in [-0.3, -0.25) is 10.1 Å². The van der Waals surface area contributed by atoms with E-state index in [1.807, 2.05) is 43.8 Å². The Morgan fingerprint density at radius 2 is 2.10 bits per heavy atom. The van der Waals surface area contributed by atoms with Crippen LogP contribution in [0.1, 0.15) is 25.6 Å². The molecular formula is C16H24FN3O. The normalized spacial score (nSPS) is 22.6. The zero-order valence-electron chi connectivity index (χ0n) is 13.1. The van der Waals surface area contributed by atoms with E-state index in [2.05, 4.69) is 5.32 Å². The molecule has 0 spiro atoms. The highest BCUT2D eigenvalue weighted by Crippen LogP contribution is 2.28. The smallest absolute Gasteiger partial charge is 0.241 e. The van der Waals surface area contributed by atoms with Crippen LogP contribution in [0, 0.1) is 11.7 Å². The molecule has 21 heavy (non-hydrogen) atoms. The average Bonchev–Trinajstić information content (AvgIpc) is 2.73. The zero-order valence-corrected chi connectivity index (χ0v) is 13.1. The van der Waals surface area contributed by atoms with Gasteiger partial charge in [0.15, 0.2) is 0 Å². The Labute approximate surface area is 125 Å². The van der Waals surface area contributed by atoms with E-state index in [1.54, 1.807) is 6.07 Å². The Balaban J connectivity index is 2.25. The summed E-state index contributed by atoms with van der Waals surface area (Å²) < 4.78 is 13.5. The highest BCUT2D eigenvalue weighted by Gasteiger charge is 2.40. The zero-order chi connectivity index (χ0) is 15.6. The Hall–Kier alpha value is -1.46. The molecule has 1 aliphatic rings. The molecule has 2 atom stereocenters. The van der Waals surface area contributed by atoms with Crippen molar-refractivity contribution in [1.82, 2.24) is 15.1 Å². The molecule has 0 aromatic heterocycles. The third-order valence-corrected chi connectivity index (χ3v) is 3.82. The molecule has 1 aliphatic heterocycles. The summed E-state index contributed by atoms with van der Waals surface area (Å²) in [6, 6.07) is 6.25. The molecular weight excluding hydrogens is 269 g/mol. The van der Waals surface area contributed by atoms with Crippen molar-refractivity contribution in [3.8, 4) is 0 Å². The van der Waals surface area contributed by atoms with E-state index in [9.17, 15) is 9.18 Å². The molecule has 4 nitrogen and oxygen atoms in total. The maximum absolute atomic E-state index is 13.5. The molecule has 1 aromatic rings. The quantitative estimate of drug-likeness (QED) is 0.900. The molecule has 2 rings (SSSR count). The Bertz CT molecular complexity index is 504. The molecule has 2 unspecified atom stereocenters. The van der Waals surface area contributed by atoms with E-state index in [0.717, 1.165) is 12.1 Å². The SMILES string of the molecule is CC(C)C1NC(c2cccc(F)c2)N(CCN(C)C)C1=O. The lowest BCUT2D eigenvalue weighted by Crippen LogP contribution is -2.37. The fourth-order valence-electron chi connectivity index (χ4n) is 2.61. The average molecular weight is 293 g/mol.